The molecule has 0 aliphatic rings. The molecule has 0 unspecified atom stereocenters. The minimum absolute atomic E-state index is 0.0364. The number of nitro benzene ring substituents is 1. The van der Waals surface area contributed by atoms with Crippen molar-refractivity contribution in [3.05, 3.63) is 82.6 Å². The maximum Gasteiger partial charge on any atom is 0.269 e. The number of rotatable bonds is 3. The van der Waals surface area contributed by atoms with Crippen LogP contribution in [0.15, 0.2) is 61.1 Å². The van der Waals surface area contributed by atoms with Crippen molar-refractivity contribution in [2.75, 3.05) is 0 Å². The van der Waals surface area contributed by atoms with E-state index in [0.29, 0.717) is 33.5 Å². The minimum atomic E-state index is -0.481. The van der Waals surface area contributed by atoms with Gasteiger partial charge in [0.1, 0.15) is 23.7 Å². The second kappa shape index (κ2) is 6.31. The van der Waals surface area contributed by atoms with Crippen LogP contribution in [0.25, 0.3) is 28.0 Å². The smallest absolute Gasteiger partial charge is 0.269 e. The molecular weight excluding hydrogens is 349 g/mol. The van der Waals surface area contributed by atoms with Crippen LogP contribution in [-0.4, -0.2) is 19.5 Å². The molecule has 8 heteroatoms. The Kier molecular flexibility index (Phi) is 3.82. The Bertz CT molecular complexity index is 1210. The maximum absolute atomic E-state index is 13.3. The van der Waals surface area contributed by atoms with Crippen LogP contribution in [0.3, 0.4) is 0 Å². The molecule has 0 saturated heterocycles. The summed E-state index contributed by atoms with van der Waals surface area (Å²) in [5.74, 6) is -0.368. The van der Waals surface area contributed by atoms with Gasteiger partial charge in [0.2, 0.25) is 0 Å². The van der Waals surface area contributed by atoms with Crippen molar-refractivity contribution < 1.29 is 9.31 Å². The molecule has 2 heterocycles. The number of halogens is 1. The first-order valence-electron chi connectivity index (χ1n) is 7.85. The largest absolute Gasteiger partial charge is 0.312 e. The van der Waals surface area contributed by atoms with E-state index in [1.54, 1.807) is 35.0 Å². The molecule has 2 aromatic heterocycles. The highest BCUT2D eigenvalue weighted by Gasteiger charge is 2.17. The van der Waals surface area contributed by atoms with E-state index in [2.05, 4.69) is 16.0 Å². The SMILES string of the molecule is N#Cc1cn(-c2ccc([N+](=O)[O-])cc2)c2c(-c3ccc(F)cc3)ncnc12. The number of fused-ring (bicyclic) bond motifs is 1. The quantitative estimate of drug-likeness (QED) is 0.407. The van der Waals surface area contributed by atoms with Crippen LogP contribution >= 0.6 is 0 Å². The van der Waals surface area contributed by atoms with E-state index in [4.69, 9.17) is 0 Å². The van der Waals surface area contributed by atoms with Crippen molar-refractivity contribution in [2.45, 2.75) is 0 Å². The average Bonchev–Trinajstić information content (AvgIpc) is 3.08. The van der Waals surface area contributed by atoms with E-state index in [-0.39, 0.29) is 11.5 Å². The van der Waals surface area contributed by atoms with E-state index in [9.17, 15) is 19.8 Å². The molecule has 27 heavy (non-hydrogen) atoms. The number of non-ortho nitro benzene ring substituents is 1. The Hall–Kier alpha value is -4.12. The molecule has 0 N–H and O–H groups in total. The molecule has 4 rings (SSSR count). The van der Waals surface area contributed by atoms with Gasteiger partial charge < -0.3 is 4.57 Å². The monoisotopic (exact) mass is 359 g/mol. The van der Waals surface area contributed by atoms with Gasteiger partial charge in [-0.15, -0.1) is 0 Å². The Balaban J connectivity index is 1.99. The van der Waals surface area contributed by atoms with E-state index in [1.165, 1.54) is 30.6 Å². The summed E-state index contributed by atoms with van der Waals surface area (Å²) in [5, 5.41) is 20.3. The molecule has 0 amide bonds. The highest BCUT2D eigenvalue weighted by atomic mass is 19.1. The Morgan fingerprint density at radius 3 is 2.41 bits per heavy atom. The van der Waals surface area contributed by atoms with Crippen LogP contribution in [-0.2, 0) is 0 Å². The van der Waals surface area contributed by atoms with Gasteiger partial charge in [0.15, 0.2) is 0 Å². The molecule has 0 bridgehead atoms. The molecule has 0 radical (unpaired) electrons. The number of hydrogen-bond acceptors (Lipinski definition) is 5. The summed E-state index contributed by atoms with van der Waals surface area (Å²) >= 11 is 0. The maximum atomic E-state index is 13.3. The van der Waals surface area contributed by atoms with Crippen molar-refractivity contribution in [3.63, 3.8) is 0 Å². The zero-order valence-electron chi connectivity index (χ0n) is 13.7. The summed E-state index contributed by atoms with van der Waals surface area (Å²) in [6, 6.07) is 13.9. The second-order valence-electron chi connectivity index (χ2n) is 5.72. The van der Waals surface area contributed by atoms with Crippen LogP contribution in [0.2, 0.25) is 0 Å². The van der Waals surface area contributed by atoms with Gasteiger partial charge in [0.25, 0.3) is 5.69 Å². The molecule has 2 aromatic carbocycles. The van der Waals surface area contributed by atoms with Gasteiger partial charge in [-0.1, -0.05) is 0 Å². The zero-order chi connectivity index (χ0) is 19.0. The first-order chi connectivity index (χ1) is 13.1. The van der Waals surface area contributed by atoms with Crippen LogP contribution in [0.5, 0.6) is 0 Å². The highest BCUT2D eigenvalue weighted by molar-refractivity contribution is 5.94. The third-order valence-corrected chi connectivity index (χ3v) is 4.15. The Morgan fingerprint density at radius 2 is 1.78 bits per heavy atom. The van der Waals surface area contributed by atoms with Gasteiger partial charge in [-0.3, -0.25) is 10.1 Å². The molecule has 0 spiro atoms. The Labute approximate surface area is 152 Å². The second-order valence-corrected chi connectivity index (χ2v) is 5.72. The number of nitrogens with zero attached hydrogens (tertiary/aromatic N) is 5. The molecule has 0 fully saturated rings. The summed E-state index contributed by atoms with van der Waals surface area (Å²) in [6.07, 6.45) is 2.95. The average molecular weight is 359 g/mol. The topological polar surface area (TPSA) is 97.6 Å². The van der Waals surface area contributed by atoms with Crippen LogP contribution in [0.4, 0.5) is 10.1 Å². The molecule has 7 nitrogen and oxygen atoms in total. The molecule has 0 aliphatic carbocycles. The number of benzene rings is 2. The number of nitriles is 1. The first-order valence-corrected chi connectivity index (χ1v) is 7.85. The zero-order valence-corrected chi connectivity index (χ0v) is 13.7. The molecule has 0 saturated carbocycles. The number of aromatic nitrogens is 3. The Morgan fingerprint density at radius 1 is 1.07 bits per heavy atom. The van der Waals surface area contributed by atoms with Gasteiger partial charge in [0.05, 0.1) is 21.7 Å². The molecule has 130 valence electrons. The lowest BCUT2D eigenvalue weighted by atomic mass is 10.1. The fraction of sp³-hybridized carbons (Fsp3) is 0. The summed E-state index contributed by atoms with van der Waals surface area (Å²) in [4.78, 5) is 18.9. The molecule has 0 aliphatic heterocycles. The highest BCUT2D eigenvalue weighted by Crippen LogP contribution is 2.31. The van der Waals surface area contributed by atoms with E-state index >= 15 is 0 Å². The van der Waals surface area contributed by atoms with E-state index in [0.717, 1.165) is 0 Å². The van der Waals surface area contributed by atoms with E-state index < -0.39 is 4.92 Å². The molecule has 4 aromatic rings. The fourth-order valence-corrected chi connectivity index (χ4v) is 2.90. The van der Waals surface area contributed by atoms with E-state index in [1.807, 2.05) is 0 Å². The summed E-state index contributed by atoms with van der Waals surface area (Å²) in [5.41, 5.74) is 3.12. The fourth-order valence-electron chi connectivity index (χ4n) is 2.90. The van der Waals surface area contributed by atoms with Gasteiger partial charge in [-0.05, 0) is 36.4 Å². The molecule has 0 atom stereocenters. The summed E-state index contributed by atoms with van der Waals surface area (Å²) < 4.78 is 15.0. The van der Waals surface area contributed by atoms with Crippen molar-refractivity contribution in [1.29, 1.82) is 5.26 Å². The van der Waals surface area contributed by atoms with Crippen molar-refractivity contribution in [1.82, 2.24) is 14.5 Å². The third kappa shape index (κ3) is 2.77. The normalized spacial score (nSPS) is 10.7. The first kappa shape index (κ1) is 16.4. The van der Waals surface area contributed by atoms with Gasteiger partial charge >= 0.3 is 0 Å². The van der Waals surface area contributed by atoms with Crippen molar-refractivity contribution in [2.24, 2.45) is 0 Å². The predicted molar refractivity (Wildman–Crippen MR) is 95.6 cm³/mol. The standard InChI is InChI=1S/C19H10FN5O2/c20-14-3-1-12(2-4-14)17-19-18(23-11-22-17)13(9-21)10-24(19)15-5-7-16(8-6-15)25(26)27/h1-8,10-11H. The summed E-state index contributed by atoms with van der Waals surface area (Å²) in [7, 11) is 0. The van der Waals surface area contributed by atoms with Crippen LogP contribution in [0.1, 0.15) is 5.56 Å². The van der Waals surface area contributed by atoms with Crippen molar-refractivity contribution in [3.8, 4) is 23.0 Å². The van der Waals surface area contributed by atoms with Crippen molar-refractivity contribution >= 4 is 16.7 Å². The minimum Gasteiger partial charge on any atom is -0.312 e. The number of nitro groups is 1. The lowest BCUT2D eigenvalue weighted by Gasteiger charge is -2.09. The van der Waals surface area contributed by atoms with Gasteiger partial charge in [0, 0.05) is 29.6 Å². The number of hydrogen-bond donors (Lipinski definition) is 0. The van der Waals surface area contributed by atoms with Crippen LogP contribution < -0.4 is 0 Å². The van der Waals surface area contributed by atoms with Gasteiger partial charge in [-0.2, -0.15) is 5.26 Å². The molecular formula is C19H10FN5O2. The lowest BCUT2D eigenvalue weighted by molar-refractivity contribution is -0.384. The lowest BCUT2D eigenvalue weighted by Crippen LogP contribution is -1.97. The predicted octanol–water partition coefficient (Wildman–Crippen LogP) is 4.01. The van der Waals surface area contributed by atoms with Crippen LogP contribution in [0, 0.1) is 27.3 Å². The third-order valence-electron chi connectivity index (χ3n) is 4.15. The summed E-state index contributed by atoms with van der Waals surface area (Å²) in [6.45, 7) is 0. The van der Waals surface area contributed by atoms with Gasteiger partial charge in [-0.25, -0.2) is 14.4 Å².